The van der Waals surface area contributed by atoms with Crippen molar-refractivity contribution in [3.63, 3.8) is 0 Å². The maximum Gasteiger partial charge on any atom is 0.0948 e. The van der Waals surface area contributed by atoms with E-state index in [9.17, 15) is 0 Å². The molecule has 1 aromatic heterocycles. The lowest BCUT2D eigenvalue weighted by Crippen LogP contribution is -2.28. The molecule has 4 nitrogen and oxygen atoms in total. The molecule has 0 amide bonds. The quantitative estimate of drug-likeness (QED) is 0.845. The van der Waals surface area contributed by atoms with Gasteiger partial charge in [0.1, 0.15) is 0 Å². The van der Waals surface area contributed by atoms with Gasteiger partial charge in [0.25, 0.3) is 0 Å². The summed E-state index contributed by atoms with van der Waals surface area (Å²) in [5, 5.41) is 0. The second-order valence-electron chi connectivity index (χ2n) is 5.37. The van der Waals surface area contributed by atoms with Gasteiger partial charge in [0, 0.05) is 25.3 Å². The minimum atomic E-state index is 0.0662. The number of imidazole rings is 1. The van der Waals surface area contributed by atoms with Gasteiger partial charge < -0.3 is 15.2 Å². The van der Waals surface area contributed by atoms with Crippen molar-refractivity contribution in [3.8, 4) is 0 Å². The molecular formula is C13H24N4. The van der Waals surface area contributed by atoms with Gasteiger partial charge in [-0.15, -0.1) is 0 Å². The van der Waals surface area contributed by atoms with Crippen molar-refractivity contribution in [2.75, 3.05) is 19.6 Å². The predicted molar refractivity (Wildman–Crippen MR) is 69.7 cm³/mol. The van der Waals surface area contributed by atoms with E-state index >= 15 is 0 Å². The summed E-state index contributed by atoms with van der Waals surface area (Å²) in [4.78, 5) is 6.76. The van der Waals surface area contributed by atoms with Crippen molar-refractivity contribution in [1.29, 1.82) is 0 Å². The molecule has 2 heterocycles. The Labute approximate surface area is 104 Å². The Balaban J connectivity index is 1.88. The first kappa shape index (κ1) is 12.6. The lowest BCUT2D eigenvalue weighted by Gasteiger charge is -2.21. The van der Waals surface area contributed by atoms with Crippen LogP contribution in [-0.2, 0) is 6.54 Å². The smallest absolute Gasteiger partial charge is 0.0948 e. The van der Waals surface area contributed by atoms with Gasteiger partial charge >= 0.3 is 0 Å². The molecule has 2 unspecified atom stereocenters. The van der Waals surface area contributed by atoms with Crippen LogP contribution in [0.15, 0.2) is 12.5 Å². The highest BCUT2D eigenvalue weighted by molar-refractivity contribution is 5.03. The Hall–Kier alpha value is -0.870. The van der Waals surface area contributed by atoms with Crippen LogP contribution < -0.4 is 5.73 Å². The molecule has 2 atom stereocenters. The van der Waals surface area contributed by atoms with E-state index < -0.39 is 0 Å². The molecule has 2 rings (SSSR count). The zero-order chi connectivity index (χ0) is 12.3. The molecule has 0 aromatic carbocycles. The van der Waals surface area contributed by atoms with Gasteiger partial charge in [-0.05, 0) is 38.8 Å². The fraction of sp³-hybridized carbons (Fsp3) is 0.769. The van der Waals surface area contributed by atoms with Gasteiger partial charge in [0.15, 0.2) is 0 Å². The molecule has 1 aliphatic rings. The van der Waals surface area contributed by atoms with Crippen LogP contribution in [-0.4, -0.2) is 34.1 Å². The molecule has 0 saturated carbocycles. The summed E-state index contributed by atoms with van der Waals surface area (Å²) in [6.45, 7) is 9.08. The van der Waals surface area contributed by atoms with Gasteiger partial charge in [-0.1, -0.05) is 6.92 Å². The van der Waals surface area contributed by atoms with E-state index in [1.54, 1.807) is 0 Å². The molecule has 1 aromatic rings. The van der Waals surface area contributed by atoms with Crippen LogP contribution in [0, 0.1) is 5.92 Å². The summed E-state index contributed by atoms with van der Waals surface area (Å²) < 4.78 is 2.20. The van der Waals surface area contributed by atoms with Gasteiger partial charge in [-0.3, -0.25) is 0 Å². The first-order chi connectivity index (χ1) is 8.16. The monoisotopic (exact) mass is 236 g/mol. The molecule has 2 N–H and O–H groups in total. The molecule has 0 aliphatic carbocycles. The molecule has 4 heteroatoms. The summed E-state index contributed by atoms with van der Waals surface area (Å²) in [7, 11) is 0. The van der Waals surface area contributed by atoms with Crippen molar-refractivity contribution < 1.29 is 0 Å². The third kappa shape index (κ3) is 3.30. The van der Waals surface area contributed by atoms with Crippen molar-refractivity contribution >= 4 is 0 Å². The van der Waals surface area contributed by atoms with Gasteiger partial charge in [-0.25, -0.2) is 4.98 Å². The lowest BCUT2D eigenvalue weighted by atomic mass is 10.1. The van der Waals surface area contributed by atoms with E-state index in [0.29, 0.717) is 5.92 Å². The fourth-order valence-corrected chi connectivity index (χ4v) is 2.66. The molecular weight excluding hydrogens is 212 g/mol. The zero-order valence-corrected chi connectivity index (χ0v) is 11.0. The first-order valence-electron chi connectivity index (χ1n) is 6.64. The Morgan fingerprint density at radius 2 is 2.00 bits per heavy atom. The highest BCUT2D eigenvalue weighted by Crippen LogP contribution is 2.14. The van der Waals surface area contributed by atoms with Crippen molar-refractivity contribution in [2.45, 2.75) is 39.3 Å². The van der Waals surface area contributed by atoms with Crippen LogP contribution in [0.25, 0.3) is 0 Å². The fourth-order valence-electron chi connectivity index (χ4n) is 2.66. The summed E-state index contributed by atoms with van der Waals surface area (Å²) in [5.74, 6) is 0.653. The van der Waals surface area contributed by atoms with E-state index in [4.69, 9.17) is 5.73 Å². The number of hydrogen-bond donors (Lipinski definition) is 1. The first-order valence-corrected chi connectivity index (χ1v) is 6.64. The summed E-state index contributed by atoms with van der Waals surface area (Å²) >= 11 is 0. The van der Waals surface area contributed by atoms with Crippen LogP contribution in [0.4, 0.5) is 0 Å². The highest BCUT2D eigenvalue weighted by atomic mass is 15.1. The summed E-state index contributed by atoms with van der Waals surface area (Å²) in [6.07, 6.45) is 6.51. The lowest BCUT2D eigenvalue weighted by molar-refractivity contribution is 0.270. The van der Waals surface area contributed by atoms with Crippen LogP contribution in [0.2, 0.25) is 0 Å². The molecule has 0 spiro atoms. The number of aromatic nitrogens is 2. The minimum Gasteiger partial charge on any atom is -0.333 e. The van der Waals surface area contributed by atoms with Crippen molar-refractivity contribution in [1.82, 2.24) is 14.5 Å². The average molecular weight is 236 g/mol. The third-order valence-electron chi connectivity index (χ3n) is 3.49. The molecule has 1 saturated heterocycles. The molecule has 17 heavy (non-hydrogen) atoms. The number of rotatable bonds is 5. The predicted octanol–water partition coefficient (Wildman–Crippen LogP) is 1.63. The van der Waals surface area contributed by atoms with Crippen LogP contribution in [0.5, 0.6) is 0 Å². The van der Waals surface area contributed by atoms with Gasteiger partial charge in [-0.2, -0.15) is 0 Å². The topological polar surface area (TPSA) is 47.1 Å². The largest absolute Gasteiger partial charge is 0.333 e. The van der Waals surface area contributed by atoms with E-state index in [0.717, 1.165) is 12.2 Å². The minimum absolute atomic E-state index is 0.0662. The number of hydrogen-bond acceptors (Lipinski definition) is 3. The van der Waals surface area contributed by atoms with Gasteiger partial charge in [0.2, 0.25) is 0 Å². The van der Waals surface area contributed by atoms with Crippen LogP contribution >= 0.6 is 0 Å². The molecule has 1 aliphatic heterocycles. The van der Waals surface area contributed by atoms with Gasteiger partial charge in [0.05, 0.1) is 12.0 Å². The Bertz CT molecular complexity index is 339. The standard InChI is InChI=1S/C13H24N4/c1-11(8-16-5-3-4-6-16)9-17-10-15-7-13(17)12(2)14/h7,10-12H,3-6,8-9,14H2,1-2H3. The maximum atomic E-state index is 5.93. The normalized spacial score (nSPS) is 20.6. The average Bonchev–Trinajstić information content (AvgIpc) is 2.88. The molecule has 0 bridgehead atoms. The number of nitrogens with two attached hydrogens (primary N) is 1. The second kappa shape index (κ2) is 5.65. The SMILES string of the molecule is CC(CN1CCCC1)Cn1cncc1C(C)N. The number of nitrogens with zero attached hydrogens (tertiary/aromatic N) is 3. The Morgan fingerprint density at radius 1 is 1.29 bits per heavy atom. The third-order valence-corrected chi connectivity index (χ3v) is 3.49. The van der Waals surface area contributed by atoms with Crippen LogP contribution in [0.1, 0.15) is 38.4 Å². The second-order valence-corrected chi connectivity index (χ2v) is 5.37. The Kier molecular flexibility index (Phi) is 4.18. The number of likely N-dealkylation sites (tertiary alicyclic amines) is 1. The van der Waals surface area contributed by atoms with E-state index in [2.05, 4.69) is 21.4 Å². The van der Waals surface area contributed by atoms with E-state index in [1.165, 1.54) is 32.5 Å². The van der Waals surface area contributed by atoms with Crippen molar-refractivity contribution in [3.05, 3.63) is 18.2 Å². The summed E-state index contributed by atoms with van der Waals surface area (Å²) in [5.41, 5.74) is 7.06. The van der Waals surface area contributed by atoms with E-state index in [1.807, 2.05) is 19.4 Å². The van der Waals surface area contributed by atoms with E-state index in [-0.39, 0.29) is 6.04 Å². The molecule has 96 valence electrons. The highest BCUT2D eigenvalue weighted by Gasteiger charge is 2.16. The summed E-state index contributed by atoms with van der Waals surface area (Å²) in [6, 6.07) is 0.0662. The molecule has 1 fully saturated rings. The molecule has 0 radical (unpaired) electrons. The zero-order valence-electron chi connectivity index (χ0n) is 11.0. The van der Waals surface area contributed by atoms with Crippen molar-refractivity contribution in [2.24, 2.45) is 11.7 Å². The Morgan fingerprint density at radius 3 is 2.65 bits per heavy atom. The maximum absolute atomic E-state index is 5.93. The van der Waals surface area contributed by atoms with Crippen LogP contribution in [0.3, 0.4) is 0 Å².